The van der Waals surface area contributed by atoms with Crippen LogP contribution in [0.15, 0.2) is 88.2 Å². The van der Waals surface area contributed by atoms with E-state index >= 15 is 0 Å². The van der Waals surface area contributed by atoms with Gasteiger partial charge in [-0.3, -0.25) is 13.9 Å². The Hall–Kier alpha value is -3.37. The molecule has 38 heavy (non-hydrogen) atoms. The quantitative estimate of drug-likeness (QED) is 0.347. The van der Waals surface area contributed by atoms with Gasteiger partial charge in [0.25, 0.3) is 10.0 Å². The van der Waals surface area contributed by atoms with Crippen LogP contribution in [0.5, 0.6) is 5.75 Å². The molecule has 1 N–H and O–H groups in total. The van der Waals surface area contributed by atoms with E-state index in [0.29, 0.717) is 11.4 Å². The molecular formula is C28H32BrN3O5S. The van der Waals surface area contributed by atoms with Crippen molar-refractivity contribution in [1.82, 2.24) is 10.2 Å². The molecule has 0 radical (unpaired) electrons. The van der Waals surface area contributed by atoms with Gasteiger partial charge in [0.1, 0.15) is 18.3 Å². The van der Waals surface area contributed by atoms with Crippen LogP contribution in [0.4, 0.5) is 5.69 Å². The second-order valence-electron chi connectivity index (χ2n) is 9.01. The number of nitrogens with zero attached hydrogens (tertiary/aromatic N) is 2. The number of benzene rings is 3. The Balaban J connectivity index is 2.02. The summed E-state index contributed by atoms with van der Waals surface area (Å²) in [7, 11) is -2.60. The van der Waals surface area contributed by atoms with Crippen molar-refractivity contribution in [2.24, 2.45) is 0 Å². The molecule has 0 aliphatic heterocycles. The van der Waals surface area contributed by atoms with Crippen LogP contribution in [0, 0.1) is 0 Å². The van der Waals surface area contributed by atoms with Crippen LogP contribution in [0.3, 0.4) is 0 Å². The summed E-state index contributed by atoms with van der Waals surface area (Å²) in [4.78, 5) is 28.2. The number of ether oxygens (including phenoxy) is 1. The second kappa shape index (κ2) is 12.9. The van der Waals surface area contributed by atoms with Crippen LogP contribution in [-0.2, 0) is 26.2 Å². The lowest BCUT2D eigenvalue weighted by Gasteiger charge is -2.32. The fraction of sp³-hybridized carbons (Fsp3) is 0.286. The van der Waals surface area contributed by atoms with Gasteiger partial charge in [-0.1, -0.05) is 46.3 Å². The highest BCUT2D eigenvalue weighted by atomic mass is 79.9. The lowest BCUT2D eigenvalue weighted by atomic mass is 10.1. The molecule has 0 aromatic heterocycles. The molecule has 0 heterocycles. The number of anilines is 1. The maximum atomic E-state index is 13.9. The average molecular weight is 603 g/mol. The van der Waals surface area contributed by atoms with Gasteiger partial charge >= 0.3 is 0 Å². The first kappa shape index (κ1) is 29.2. The molecule has 8 nitrogen and oxygen atoms in total. The molecule has 0 bridgehead atoms. The summed E-state index contributed by atoms with van der Waals surface area (Å²) in [6.45, 7) is 4.92. The van der Waals surface area contributed by atoms with Crippen molar-refractivity contribution in [3.8, 4) is 5.75 Å². The number of sulfonamides is 1. The van der Waals surface area contributed by atoms with Crippen molar-refractivity contribution in [3.63, 3.8) is 0 Å². The Morgan fingerprint density at radius 2 is 1.61 bits per heavy atom. The number of amides is 2. The van der Waals surface area contributed by atoms with Gasteiger partial charge in [-0.2, -0.15) is 0 Å². The van der Waals surface area contributed by atoms with E-state index in [4.69, 9.17) is 4.74 Å². The molecule has 0 spiro atoms. The highest BCUT2D eigenvalue weighted by molar-refractivity contribution is 9.10. The van der Waals surface area contributed by atoms with Crippen LogP contribution < -0.4 is 14.4 Å². The highest BCUT2D eigenvalue weighted by Gasteiger charge is 2.32. The van der Waals surface area contributed by atoms with E-state index in [0.717, 1.165) is 14.3 Å². The van der Waals surface area contributed by atoms with Crippen molar-refractivity contribution < 1.29 is 22.7 Å². The summed E-state index contributed by atoms with van der Waals surface area (Å²) in [6.07, 6.45) is 0. The second-order valence-corrected chi connectivity index (χ2v) is 11.8. The number of methoxy groups -OCH3 is 1. The van der Waals surface area contributed by atoms with Gasteiger partial charge in [-0.05, 0) is 74.9 Å². The zero-order chi connectivity index (χ0) is 27.9. The van der Waals surface area contributed by atoms with E-state index in [2.05, 4.69) is 21.2 Å². The van der Waals surface area contributed by atoms with Crippen molar-refractivity contribution in [2.75, 3.05) is 18.0 Å². The molecule has 0 fully saturated rings. The third-order valence-corrected chi connectivity index (χ3v) is 8.09. The summed E-state index contributed by atoms with van der Waals surface area (Å²) in [6, 6.07) is 20.8. The molecule has 2 amide bonds. The largest absolute Gasteiger partial charge is 0.497 e. The first-order valence-electron chi connectivity index (χ1n) is 12.1. The third-order valence-electron chi connectivity index (χ3n) is 5.81. The number of hydrogen-bond acceptors (Lipinski definition) is 5. The van der Waals surface area contributed by atoms with Crippen LogP contribution in [0.1, 0.15) is 26.3 Å². The summed E-state index contributed by atoms with van der Waals surface area (Å²) >= 11 is 3.44. The molecule has 0 aliphatic carbocycles. The average Bonchev–Trinajstić information content (AvgIpc) is 2.90. The Morgan fingerprint density at radius 3 is 2.18 bits per heavy atom. The normalized spacial score (nSPS) is 12.1. The summed E-state index contributed by atoms with van der Waals surface area (Å²) in [5.41, 5.74) is 1.09. The van der Waals surface area contributed by atoms with Gasteiger partial charge in [0.05, 0.1) is 17.7 Å². The monoisotopic (exact) mass is 601 g/mol. The van der Waals surface area contributed by atoms with Crippen LogP contribution in [-0.4, -0.2) is 50.9 Å². The molecule has 3 aromatic rings. The molecule has 1 unspecified atom stereocenters. The number of carbonyl (C=O) groups is 2. The van der Waals surface area contributed by atoms with E-state index in [1.165, 1.54) is 24.1 Å². The van der Waals surface area contributed by atoms with Crippen LogP contribution >= 0.6 is 15.9 Å². The predicted octanol–water partition coefficient (Wildman–Crippen LogP) is 4.59. The van der Waals surface area contributed by atoms with Crippen molar-refractivity contribution in [3.05, 3.63) is 88.9 Å². The van der Waals surface area contributed by atoms with E-state index in [9.17, 15) is 18.0 Å². The summed E-state index contributed by atoms with van der Waals surface area (Å²) in [5.74, 6) is -0.302. The van der Waals surface area contributed by atoms with Crippen molar-refractivity contribution in [2.45, 2.75) is 44.3 Å². The van der Waals surface area contributed by atoms with E-state index in [1.807, 2.05) is 38.1 Å². The predicted molar refractivity (Wildman–Crippen MR) is 151 cm³/mol. The van der Waals surface area contributed by atoms with Gasteiger partial charge in [-0.15, -0.1) is 0 Å². The maximum absolute atomic E-state index is 13.9. The maximum Gasteiger partial charge on any atom is 0.264 e. The summed E-state index contributed by atoms with van der Waals surface area (Å²) < 4.78 is 34.6. The Bertz CT molecular complexity index is 1350. The molecule has 0 saturated carbocycles. The highest BCUT2D eigenvalue weighted by Crippen LogP contribution is 2.26. The lowest BCUT2D eigenvalue weighted by Crippen LogP contribution is -2.52. The fourth-order valence-electron chi connectivity index (χ4n) is 3.82. The number of nitrogens with one attached hydrogen (secondary N) is 1. The fourth-order valence-corrected chi connectivity index (χ4v) is 5.70. The molecule has 3 rings (SSSR count). The van der Waals surface area contributed by atoms with E-state index in [1.54, 1.807) is 49.4 Å². The summed E-state index contributed by atoms with van der Waals surface area (Å²) in [5, 5.41) is 2.84. The number of hydrogen-bond donors (Lipinski definition) is 1. The van der Waals surface area contributed by atoms with Gasteiger partial charge in [-0.25, -0.2) is 8.42 Å². The Morgan fingerprint density at radius 1 is 0.947 bits per heavy atom. The Kier molecular flexibility index (Phi) is 9.93. The molecule has 3 aromatic carbocycles. The van der Waals surface area contributed by atoms with Crippen LogP contribution in [0.2, 0.25) is 0 Å². The Labute approximate surface area is 232 Å². The minimum absolute atomic E-state index is 0.0488. The molecule has 0 aliphatic rings. The van der Waals surface area contributed by atoms with Crippen molar-refractivity contribution >= 4 is 43.5 Å². The minimum atomic E-state index is -4.11. The first-order chi connectivity index (χ1) is 18.0. The van der Waals surface area contributed by atoms with Gasteiger partial charge in [0.15, 0.2) is 0 Å². The van der Waals surface area contributed by atoms with E-state index < -0.39 is 28.5 Å². The number of carbonyl (C=O) groups excluding carboxylic acids is 2. The molecule has 10 heteroatoms. The van der Waals surface area contributed by atoms with Gasteiger partial charge in [0, 0.05) is 17.1 Å². The molecular weight excluding hydrogens is 570 g/mol. The SMILES string of the molecule is COc1ccc(N(CC(=O)N(Cc2cccc(Br)c2)C(C)C(=O)NC(C)C)S(=O)(=O)c2ccccc2)cc1. The molecule has 202 valence electrons. The van der Waals surface area contributed by atoms with Crippen LogP contribution in [0.25, 0.3) is 0 Å². The van der Waals surface area contributed by atoms with E-state index in [-0.39, 0.29) is 23.4 Å². The smallest absolute Gasteiger partial charge is 0.264 e. The van der Waals surface area contributed by atoms with Gasteiger partial charge in [0.2, 0.25) is 11.8 Å². The number of halogens is 1. The minimum Gasteiger partial charge on any atom is -0.497 e. The van der Waals surface area contributed by atoms with Gasteiger partial charge < -0.3 is 15.0 Å². The topological polar surface area (TPSA) is 96.0 Å². The first-order valence-corrected chi connectivity index (χ1v) is 14.3. The standard InChI is InChI=1S/C28H32BrN3O5S/c1-20(2)30-28(34)21(3)31(18-22-9-8-10-23(29)17-22)27(33)19-32(24-13-15-25(37-4)16-14-24)38(35,36)26-11-6-5-7-12-26/h5-17,20-21H,18-19H2,1-4H3,(H,30,34). The molecule has 0 saturated heterocycles. The zero-order valence-electron chi connectivity index (χ0n) is 21.8. The number of rotatable bonds is 11. The lowest BCUT2D eigenvalue weighted by molar-refractivity contribution is -0.139. The third kappa shape index (κ3) is 7.35. The molecule has 1 atom stereocenters. The van der Waals surface area contributed by atoms with Crippen molar-refractivity contribution in [1.29, 1.82) is 0 Å². The zero-order valence-corrected chi connectivity index (χ0v) is 24.2.